The van der Waals surface area contributed by atoms with E-state index in [-0.39, 0.29) is 12.0 Å². The second-order valence-electron chi connectivity index (χ2n) is 5.48. The molecule has 2 rings (SSSR count). The molecule has 0 spiro atoms. The standard InChI is InChI=1S/C16H24N2O2/c1-3-9-20-13-5-4-8-18(11-13)16(19)14-7-6-12(2)10-15(14)17/h6-7,10,13H,3-5,8-9,11,17H2,1-2H3. The molecule has 0 saturated carbocycles. The van der Waals surface area contributed by atoms with E-state index < -0.39 is 0 Å². The van der Waals surface area contributed by atoms with Gasteiger partial charge in [-0.25, -0.2) is 0 Å². The number of nitrogens with two attached hydrogens (primary N) is 1. The highest BCUT2D eigenvalue weighted by Crippen LogP contribution is 2.20. The number of aryl methyl sites for hydroxylation is 1. The molecule has 1 unspecified atom stereocenters. The molecule has 1 atom stereocenters. The van der Waals surface area contributed by atoms with E-state index in [4.69, 9.17) is 10.5 Å². The Bertz CT molecular complexity index is 474. The van der Waals surface area contributed by atoms with Crippen molar-refractivity contribution in [3.63, 3.8) is 0 Å². The first-order chi connectivity index (χ1) is 9.61. The number of nitrogen functional groups attached to an aromatic ring is 1. The molecule has 20 heavy (non-hydrogen) atoms. The van der Waals surface area contributed by atoms with Crippen molar-refractivity contribution in [2.45, 2.75) is 39.2 Å². The first-order valence-corrected chi connectivity index (χ1v) is 7.38. The van der Waals surface area contributed by atoms with Crippen LogP contribution in [-0.2, 0) is 4.74 Å². The predicted octanol–water partition coefficient (Wildman–Crippen LogP) is 2.61. The fraction of sp³-hybridized carbons (Fsp3) is 0.562. The lowest BCUT2D eigenvalue weighted by Gasteiger charge is -2.33. The zero-order chi connectivity index (χ0) is 14.5. The van der Waals surface area contributed by atoms with E-state index in [1.54, 1.807) is 0 Å². The van der Waals surface area contributed by atoms with Gasteiger partial charge < -0.3 is 15.4 Å². The number of carbonyl (C=O) groups excluding carboxylic acids is 1. The minimum Gasteiger partial charge on any atom is -0.398 e. The molecule has 0 aliphatic carbocycles. The van der Waals surface area contributed by atoms with Gasteiger partial charge >= 0.3 is 0 Å². The number of hydrogen-bond acceptors (Lipinski definition) is 3. The monoisotopic (exact) mass is 276 g/mol. The highest BCUT2D eigenvalue weighted by molar-refractivity contribution is 5.99. The zero-order valence-corrected chi connectivity index (χ0v) is 12.4. The maximum absolute atomic E-state index is 12.5. The van der Waals surface area contributed by atoms with Crippen LogP contribution in [0, 0.1) is 6.92 Å². The van der Waals surface area contributed by atoms with Crippen molar-refractivity contribution in [3.8, 4) is 0 Å². The molecule has 0 bridgehead atoms. The second kappa shape index (κ2) is 6.75. The minimum absolute atomic E-state index is 0.0206. The lowest BCUT2D eigenvalue weighted by Crippen LogP contribution is -2.43. The molecule has 4 heteroatoms. The van der Waals surface area contributed by atoms with E-state index in [1.807, 2.05) is 30.0 Å². The molecule has 1 aromatic rings. The maximum Gasteiger partial charge on any atom is 0.256 e. The molecular formula is C16H24N2O2. The van der Waals surface area contributed by atoms with Crippen molar-refractivity contribution in [2.24, 2.45) is 0 Å². The van der Waals surface area contributed by atoms with Crippen molar-refractivity contribution >= 4 is 11.6 Å². The summed E-state index contributed by atoms with van der Waals surface area (Å²) >= 11 is 0. The number of carbonyl (C=O) groups is 1. The van der Waals surface area contributed by atoms with Gasteiger partial charge in [0, 0.05) is 25.4 Å². The third-order valence-electron chi connectivity index (χ3n) is 3.66. The van der Waals surface area contributed by atoms with Crippen LogP contribution in [0.25, 0.3) is 0 Å². The van der Waals surface area contributed by atoms with Crippen LogP contribution in [0.4, 0.5) is 5.69 Å². The Morgan fingerprint density at radius 3 is 3.00 bits per heavy atom. The summed E-state index contributed by atoms with van der Waals surface area (Å²) in [5, 5.41) is 0. The summed E-state index contributed by atoms with van der Waals surface area (Å²) in [5.74, 6) is 0.0206. The summed E-state index contributed by atoms with van der Waals surface area (Å²) < 4.78 is 5.77. The predicted molar refractivity (Wildman–Crippen MR) is 80.8 cm³/mol. The summed E-state index contributed by atoms with van der Waals surface area (Å²) in [5.41, 5.74) is 8.20. The van der Waals surface area contributed by atoms with Gasteiger partial charge in [-0.05, 0) is 43.9 Å². The topological polar surface area (TPSA) is 55.6 Å². The van der Waals surface area contributed by atoms with Crippen LogP contribution in [0.2, 0.25) is 0 Å². The van der Waals surface area contributed by atoms with Crippen LogP contribution >= 0.6 is 0 Å². The minimum atomic E-state index is 0.0206. The molecule has 110 valence electrons. The lowest BCUT2D eigenvalue weighted by atomic mass is 10.0. The van der Waals surface area contributed by atoms with Crippen LogP contribution < -0.4 is 5.73 Å². The fourth-order valence-corrected chi connectivity index (χ4v) is 2.59. The maximum atomic E-state index is 12.5. The van der Waals surface area contributed by atoms with Crippen molar-refractivity contribution in [1.82, 2.24) is 4.90 Å². The summed E-state index contributed by atoms with van der Waals surface area (Å²) in [6.45, 7) is 6.29. The summed E-state index contributed by atoms with van der Waals surface area (Å²) in [6, 6.07) is 5.60. The number of benzene rings is 1. The van der Waals surface area contributed by atoms with Gasteiger partial charge in [-0.15, -0.1) is 0 Å². The number of piperidine rings is 1. The molecule has 1 aliphatic heterocycles. The molecule has 1 aliphatic rings. The number of hydrogen-bond donors (Lipinski definition) is 1. The zero-order valence-electron chi connectivity index (χ0n) is 12.4. The molecule has 0 radical (unpaired) electrons. The molecule has 1 heterocycles. The van der Waals surface area contributed by atoms with E-state index in [0.717, 1.165) is 38.0 Å². The number of rotatable bonds is 4. The van der Waals surface area contributed by atoms with Gasteiger partial charge in [0.2, 0.25) is 0 Å². The first kappa shape index (κ1) is 14.9. The summed E-state index contributed by atoms with van der Waals surface area (Å²) in [6.07, 6.45) is 3.20. The Balaban J connectivity index is 2.04. The normalized spacial score (nSPS) is 19.1. The number of nitrogens with zero attached hydrogens (tertiary/aromatic N) is 1. The van der Waals surface area contributed by atoms with Gasteiger partial charge in [-0.1, -0.05) is 13.0 Å². The van der Waals surface area contributed by atoms with Crippen LogP contribution in [-0.4, -0.2) is 36.6 Å². The third-order valence-corrected chi connectivity index (χ3v) is 3.66. The van der Waals surface area contributed by atoms with Gasteiger partial charge in [-0.2, -0.15) is 0 Å². The molecule has 1 fully saturated rings. The largest absolute Gasteiger partial charge is 0.398 e. The number of ether oxygens (including phenoxy) is 1. The molecule has 2 N–H and O–H groups in total. The summed E-state index contributed by atoms with van der Waals surface area (Å²) in [7, 11) is 0. The quantitative estimate of drug-likeness (QED) is 0.860. The Labute approximate surface area is 120 Å². The molecule has 1 saturated heterocycles. The van der Waals surface area contributed by atoms with Gasteiger partial charge in [0.1, 0.15) is 0 Å². The highest BCUT2D eigenvalue weighted by Gasteiger charge is 2.25. The number of amides is 1. The van der Waals surface area contributed by atoms with Crippen molar-refractivity contribution in [3.05, 3.63) is 29.3 Å². The second-order valence-corrected chi connectivity index (χ2v) is 5.48. The Hall–Kier alpha value is -1.55. The van der Waals surface area contributed by atoms with Crippen LogP contribution in [0.5, 0.6) is 0 Å². The van der Waals surface area contributed by atoms with Gasteiger partial charge in [0.05, 0.1) is 11.7 Å². The highest BCUT2D eigenvalue weighted by atomic mass is 16.5. The molecule has 4 nitrogen and oxygen atoms in total. The van der Waals surface area contributed by atoms with Crippen molar-refractivity contribution in [2.75, 3.05) is 25.4 Å². The fourth-order valence-electron chi connectivity index (χ4n) is 2.59. The van der Waals surface area contributed by atoms with Crippen LogP contribution in [0.15, 0.2) is 18.2 Å². The Morgan fingerprint density at radius 1 is 1.50 bits per heavy atom. The number of likely N-dealkylation sites (tertiary alicyclic amines) is 1. The van der Waals surface area contributed by atoms with E-state index in [2.05, 4.69) is 6.92 Å². The smallest absolute Gasteiger partial charge is 0.256 e. The Morgan fingerprint density at radius 2 is 2.30 bits per heavy atom. The van der Waals surface area contributed by atoms with Gasteiger partial charge in [0.25, 0.3) is 5.91 Å². The molecule has 1 aromatic carbocycles. The van der Waals surface area contributed by atoms with Gasteiger partial charge in [-0.3, -0.25) is 4.79 Å². The van der Waals surface area contributed by atoms with Crippen LogP contribution in [0.3, 0.4) is 0 Å². The van der Waals surface area contributed by atoms with E-state index in [1.165, 1.54) is 0 Å². The van der Waals surface area contributed by atoms with Gasteiger partial charge in [0.15, 0.2) is 0 Å². The van der Waals surface area contributed by atoms with E-state index >= 15 is 0 Å². The first-order valence-electron chi connectivity index (χ1n) is 7.38. The molecular weight excluding hydrogens is 252 g/mol. The average molecular weight is 276 g/mol. The van der Waals surface area contributed by atoms with E-state index in [9.17, 15) is 4.79 Å². The average Bonchev–Trinajstić information content (AvgIpc) is 2.45. The third kappa shape index (κ3) is 3.51. The van der Waals surface area contributed by atoms with Crippen molar-refractivity contribution in [1.29, 1.82) is 0 Å². The molecule has 1 amide bonds. The SMILES string of the molecule is CCCOC1CCCN(C(=O)c2ccc(C)cc2N)C1. The van der Waals surface area contributed by atoms with Crippen molar-refractivity contribution < 1.29 is 9.53 Å². The van der Waals surface area contributed by atoms with Crippen LogP contribution in [0.1, 0.15) is 42.1 Å². The van der Waals surface area contributed by atoms with E-state index in [0.29, 0.717) is 17.8 Å². The number of anilines is 1. The summed E-state index contributed by atoms with van der Waals surface area (Å²) in [4.78, 5) is 14.4. The Kier molecular flexibility index (Phi) is 5.01. The molecule has 0 aromatic heterocycles. The lowest BCUT2D eigenvalue weighted by molar-refractivity contribution is 0.00214.